The van der Waals surface area contributed by atoms with Crippen LogP contribution in [-0.2, 0) is 9.53 Å². The molecule has 28 heavy (non-hydrogen) atoms. The number of amides is 1. The molecule has 1 aromatic heterocycles. The monoisotopic (exact) mass is 404 g/mol. The average molecular weight is 404 g/mol. The van der Waals surface area contributed by atoms with Gasteiger partial charge in [-0.1, -0.05) is 32.1 Å². The Hall–Kier alpha value is -3.07. The highest BCUT2D eigenvalue weighted by molar-refractivity contribution is 7.17. The number of ether oxygens (including phenoxy) is 1. The topological polar surface area (TPSA) is 116 Å². The summed E-state index contributed by atoms with van der Waals surface area (Å²) >= 11 is 0.683. The fourth-order valence-electron chi connectivity index (χ4n) is 2.08. The van der Waals surface area contributed by atoms with Crippen LogP contribution < -0.4 is 5.32 Å². The van der Waals surface area contributed by atoms with Crippen LogP contribution in [0.2, 0.25) is 0 Å². The molecule has 9 heteroatoms. The van der Waals surface area contributed by atoms with E-state index in [2.05, 4.69) is 5.32 Å². The van der Waals surface area contributed by atoms with Gasteiger partial charge in [0, 0.05) is 22.7 Å². The van der Waals surface area contributed by atoms with Crippen molar-refractivity contribution in [3.8, 4) is 0 Å². The van der Waals surface area contributed by atoms with E-state index in [1.54, 1.807) is 32.9 Å². The predicted octanol–water partition coefficient (Wildman–Crippen LogP) is 4.07. The summed E-state index contributed by atoms with van der Waals surface area (Å²) in [6.07, 6.45) is -1.07. The Morgan fingerprint density at radius 3 is 2.21 bits per heavy atom. The summed E-state index contributed by atoms with van der Waals surface area (Å²) in [5.41, 5.74) is 0.312. The highest BCUT2D eigenvalue weighted by atomic mass is 32.1. The summed E-state index contributed by atoms with van der Waals surface area (Å²) in [6, 6.07) is 8.73. The Bertz CT molecular complexity index is 911. The van der Waals surface area contributed by atoms with Crippen molar-refractivity contribution in [3.05, 3.63) is 57.0 Å². The molecule has 1 aromatic carbocycles. The van der Waals surface area contributed by atoms with Crippen molar-refractivity contribution in [2.24, 2.45) is 5.41 Å². The van der Waals surface area contributed by atoms with Crippen molar-refractivity contribution in [1.29, 1.82) is 0 Å². The number of esters is 1. The van der Waals surface area contributed by atoms with Crippen LogP contribution in [0.4, 0.5) is 10.7 Å². The van der Waals surface area contributed by atoms with E-state index >= 15 is 0 Å². The van der Waals surface area contributed by atoms with Gasteiger partial charge < -0.3 is 10.1 Å². The summed E-state index contributed by atoms with van der Waals surface area (Å²) < 4.78 is 5.11. The molecule has 1 heterocycles. The van der Waals surface area contributed by atoms with Crippen LogP contribution in [0.25, 0.3) is 0 Å². The maximum atomic E-state index is 12.4. The number of nitrogens with zero attached hydrogens (tertiary/aromatic N) is 1. The molecule has 1 N–H and O–H groups in total. The Morgan fingerprint density at radius 2 is 1.71 bits per heavy atom. The van der Waals surface area contributed by atoms with Crippen molar-refractivity contribution in [2.45, 2.75) is 33.8 Å². The summed E-state index contributed by atoms with van der Waals surface area (Å²) in [7, 11) is 0. The molecule has 1 atom stereocenters. The van der Waals surface area contributed by atoms with Gasteiger partial charge in [-0.25, -0.2) is 4.79 Å². The van der Waals surface area contributed by atoms with E-state index in [0.29, 0.717) is 22.6 Å². The molecule has 2 rings (SSSR count). The van der Waals surface area contributed by atoms with Gasteiger partial charge in [0.15, 0.2) is 6.10 Å². The number of rotatable bonds is 6. The molecule has 1 amide bonds. The second-order valence-corrected chi connectivity index (χ2v) is 8.15. The third-order valence-electron chi connectivity index (χ3n) is 3.73. The Balaban J connectivity index is 2.01. The van der Waals surface area contributed by atoms with E-state index in [-0.39, 0.29) is 15.8 Å². The molecule has 148 valence electrons. The van der Waals surface area contributed by atoms with Crippen LogP contribution in [0, 0.1) is 15.5 Å². The average Bonchev–Trinajstić information content (AvgIpc) is 3.11. The highest BCUT2D eigenvalue weighted by Crippen LogP contribution is 2.25. The normalized spacial score (nSPS) is 12.1. The minimum absolute atomic E-state index is 0.0478. The quantitative estimate of drug-likeness (QED) is 0.336. The number of Topliss-reactive ketones (excluding diaryl/α,β-unsaturated/α-hetero) is 1. The Morgan fingerprint density at radius 1 is 1.11 bits per heavy atom. The number of hydrogen-bond acceptors (Lipinski definition) is 7. The van der Waals surface area contributed by atoms with E-state index in [1.165, 1.54) is 31.2 Å². The first-order chi connectivity index (χ1) is 13.0. The number of hydrogen-bond donors (Lipinski definition) is 1. The minimum Gasteiger partial charge on any atom is -0.450 e. The van der Waals surface area contributed by atoms with Crippen molar-refractivity contribution in [2.75, 3.05) is 5.32 Å². The molecule has 8 nitrogen and oxygen atoms in total. The molecule has 0 unspecified atom stereocenters. The fourth-order valence-corrected chi connectivity index (χ4v) is 2.78. The smallest absolute Gasteiger partial charge is 0.349 e. The first kappa shape index (κ1) is 21.2. The van der Waals surface area contributed by atoms with Gasteiger partial charge in [0.25, 0.3) is 0 Å². The number of thiophene rings is 1. The van der Waals surface area contributed by atoms with Gasteiger partial charge in [0.1, 0.15) is 4.88 Å². The van der Waals surface area contributed by atoms with Crippen LogP contribution in [0.1, 0.15) is 47.7 Å². The number of ketones is 1. The number of nitrogens with one attached hydrogen (secondary N) is 1. The van der Waals surface area contributed by atoms with Crippen LogP contribution in [0.15, 0.2) is 36.4 Å². The number of nitro groups is 1. The summed E-state index contributed by atoms with van der Waals surface area (Å²) in [5, 5.41) is 13.3. The van der Waals surface area contributed by atoms with Gasteiger partial charge in [-0.3, -0.25) is 19.7 Å². The zero-order valence-corrected chi connectivity index (χ0v) is 16.7. The molecule has 0 saturated carbocycles. The maximum Gasteiger partial charge on any atom is 0.349 e. The molecule has 0 aliphatic carbocycles. The summed E-state index contributed by atoms with van der Waals surface area (Å²) in [5.74, 6) is -1.37. The van der Waals surface area contributed by atoms with Gasteiger partial charge in [-0.2, -0.15) is 0 Å². The maximum absolute atomic E-state index is 12.4. The van der Waals surface area contributed by atoms with E-state index in [4.69, 9.17) is 4.74 Å². The lowest BCUT2D eigenvalue weighted by atomic mass is 9.95. The van der Waals surface area contributed by atoms with Crippen molar-refractivity contribution in [3.63, 3.8) is 0 Å². The van der Waals surface area contributed by atoms with Crippen LogP contribution in [-0.4, -0.2) is 28.7 Å². The first-order valence-corrected chi connectivity index (χ1v) is 9.21. The Kier molecular flexibility index (Phi) is 6.30. The zero-order valence-electron chi connectivity index (χ0n) is 15.8. The molecule has 0 saturated heterocycles. The van der Waals surface area contributed by atoms with E-state index < -0.39 is 28.2 Å². The standard InChI is InChI=1S/C19H20N2O6S/c1-11(27-17(23)14-9-10-15(28-14)21(25)26)16(22)12-5-7-13(8-6-12)20-18(24)19(2,3)4/h5-11H,1-4H3,(H,20,24)/t11-/m0/s1. The minimum atomic E-state index is -1.07. The largest absolute Gasteiger partial charge is 0.450 e. The summed E-state index contributed by atoms with van der Waals surface area (Å²) in [4.78, 5) is 46.6. The van der Waals surface area contributed by atoms with Gasteiger partial charge in [0.2, 0.25) is 11.7 Å². The SMILES string of the molecule is C[C@H](OC(=O)c1ccc([N+](=O)[O-])s1)C(=O)c1ccc(NC(=O)C(C)(C)C)cc1. The number of benzene rings is 1. The second kappa shape index (κ2) is 8.30. The van der Waals surface area contributed by atoms with Crippen LogP contribution in [0.5, 0.6) is 0 Å². The van der Waals surface area contributed by atoms with Gasteiger partial charge in [0.05, 0.1) is 4.92 Å². The molecule has 0 fully saturated rings. The van der Waals surface area contributed by atoms with Gasteiger partial charge >= 0.3 is 11.0 Å². The van der Waals surface area contributed by atoms with Crippen molar-refractivity contribution in [1.82, 2.24) is 0 Å². The van der Waals surface area contributed by atoms with Crippen molar-refractivity contribution < 1.29 is 24.0 Å². The molecule has 0 spiro atoms. The molecule has 2 aromatic rings. The molecule has 0 aliphatic rings. The summed E-state index contributed by atoms with van der Waals surface area (Å²) in [6.45, 7) is 6.80. The molecule has 0 radical (unpaired) electrons. The van der Waals surface area contributed by atoms with Crippen LogP contribution in [0.3, 0.4) is 0 Å². The molecular weight excluding hydrogens is 384 g/mol. The fraction of sp³-hybridized carbons (Fsp3) is 0.316. The van der Waals surface area contributed by atoms with Gasteiger partial charge in [-0.05, 0) is 37.3 Å². The van der Waals surface area contributed by atoms with E-state index in [9.17, 15) is 24.5 Å². The lowest BCUT2D eigenvalue weighted by molar-refractivity contribution is -0.380. The van der Waals surface area contributed by atoms with E-state index in [0.717, 1.165) is 0 Å². The van der Waals surface area contributed by atoms with Crippen LogP contribution >= 0.6 is 11.3 Å². The zero-order chi connectivity index (χ0) is 21.1. The molecular formula is C19H20N2O6S. The third-order valence-corrected chi connectivity index (χ3v) is 4.75. The first-order valence-electron chi connectivity index (χ1n) is 8.40. The lowest BCUT2D eigenvalue weighted by Gasteiger charge is -2.18. The predicted molar refractivity (Wildman–Crippen MR) is 105 cm³/mol. The molecule has 0 aliphatic heterocycles. The number of anilines is 1. The number of carbonyl (C=O) groups is 3. The van der Waals surface area contributed by atoms with Gasteiger partial charge in [-0.15, -0.1) is 0 Å². The number of carbonyl (C=O) groups excluding carboxylic acids is 3. The van der Waals surface area contributed by atoms with E-state index in [1.807, 2.05) is 0 Å². The third kappa shape index (κ3) is 5.23. The lowest BCUT2D eigenvalue weighted by Crippen LogP contribution is -2.27. The Labute approximate surface area is 165 Å². The van der Waals surface area contributed by atoms with Crippen molar-refractivity contribution >= 4 is 39.7 Å². The highest BCUT2D eigenvalue weighted by Gasteiger charge is 2.24. The molecule has 0 bridgehead atoms. The second-order valence-electron chi connectivity index (χ2n) is 7.09.